The van der Waals surface area contributed by atoms with Gasteiger partial charge in [0.15, 0.2) is 0 Å². The minimum Gasteiger partial charge on any atom is -0.508 e. The zero-order valence-electron chi connectivity index (χ0n) is 7.47. The molecule has 0 aromatic heterocycles. The van der Waals surface area contributed by atoms with E-state index in [1.807, 2.05) is 13.0 Å². The van der Waals surface area contributed by atoms with Gasteiger partial charge in [-0.05, 0) is 24.1 Å². The summed E-state index contributed by atoms with van der Waals surface area (Å²) < 4.78 is 0. The van der Waals surface area contributed by atoms with Crippen molar-refractivity contribution in [3.05, 3.63) is 28.3 Å². The molecule has 0 radical (unpaired) electrons. The van der Waals surface area contributed by atoms with Gasteiger partial charge in [0.2, 0.25) is 0 Å². The van der Waals surface area contributed by atoms with E-state index >= 15 is 0 Å². The highest BCUT2D eigenvalue weighted by Crippen LogP contribution is 2.32. The molecule has 0 aliphatic carbocycles. The van der Waals surface area contributed by atoms with Gasteiger partial charge in [-0.3, -0.25) is 0 Å². The Hall–Kier alpha value is -0.730. The number of halogens is 1. The Bertz CT molecular complexity index is 334. The van der Waals surface area contributed by atoms with Crippen LogP contribution in [-0.2, 0) is 0 Å². The van der Waals surface area contributed by atoms with Gasteiger partial charge in [-0.2, -0.15) is 0 Å². The summed E-state index contributed by atoms with van der Waals surface area (Å²) >= 11 is 5.88. The topological polar surface area (TPSA) is 32.3 Å². The lowest BCUT2D eigenvalue weighted by molar-refractivity contribution is 0.413. The monoisotopic (exact) mass is 197 g/mol. The predicted octanol–water partition coefficient (Wildman–Crippen LogP) is 2.04. The van der Waals surface area contributed by atoms with Crippen LogP contribution in [0.15, 0.2) is 12.1 Å². The van der Waals surface area contributed by atoms with Crippen LogP contribution in [-0.4, -0.2) is 18.2 Å². The lowest BCUT2D eigenvalue weighted by Gasteiger charge is -2.28. The smallest absolute Gasteiger partial charge is 0.120 e. The Morgan fingerprint density at radius 3 is 2.69 bits per heavy atom. The molecule has 2 rings (SSSR count). The summed E-state index contributed by atoms with van der Waals surface area (Å²) in [6.45, 7) is 3.86. The first kappa shape index (κ1) is 8.85. The molecular weight excluding hydrogens is 186 g/mol. The van der Waals surface area contributed by atoms with E-state index in [0.717, 1.165) is 24.2 Å². The molecule has 1 fully saturated rings. The average Bonchev–Trinajstić information content (AvgIpc) is 1.96. The maximum absolute atomic E-state index is 9.64. The molecule has 0 bridgehead atoms. The fraction of sp³-hybridized carbons (Fsp3) is 0.400. The minimum atomic E-state index is 0.321. The summed E-state index contributed by atoms with van der Waals surface area (Å²) in [6, 6.07) is 3.60. The van der Waals surface area contributed by atoms with Crippen molar-refractivity contribution in [1.29, 1.82) is 0 Å². The quantitative estimate of drug-likeness (QED) is 0.722. The Kier molecular flexibility index (Phi) is 2.18. The molecule has 0 saturated carbocycles. The molecule has 1 saturated heterocycles. The van der Waals surface area contributed by atoms with E-state index < -0.39 is 0 Å². The zero-order chi connectivity index (χ0) is 9.42. The second kappa shape index (κ2) is 3.20. The first-order valence-electron chi connectivity index (χ1n) is 4.38. The molecule has 2 nitrogen and oxygen atoms in total. The standard InChI is InChI=1S/C10H12ClNO/c1-6-2-8(7-4-12-5-7)10(13)3-9(6)11/h2-3,7,12-13H,4-5H2,1H3. The molecule has 0 amide bonds. The summed E-state index contributed by atoms with van der Waals surface area (Å²) in [5.41, 5.74) is 2.04. The SMILES string of the molecule is Cc1cc(C2CNC2)c(O)cc1Cl. The molecule has 0 unspecified atom stereocenters. The first-order valence-corrected chi connectivity index (χ1v) is 4.76. The normalized spacial score (nSPS) is 17.1. The number of phenols is 1. The lowest BCUT2D eigenvalue weighted by Crippen LogP contribution is -2.39. The van der Waals surface area contributed by atoms with E-state index in [9.17, 15) is 5.11 Å². The molecule has 1 aliphatic rings. The van der Waals surface area contributed by atoms with Crippen LogP contribution in [0.5, 0.6) is 5.75 Å². The summed E-state index contributed by atoms with van der Waals surface area (Å²) in [7, 11) is 0. The van der Waals surface area contributed by atoms with Crippen molar-refractivity contribution >= 4 is 11.6 Å². The third kappa shape index (κ3) is 1.52. The second-order valence-electron chi connectivity index (χ2n) is 3.52. The molecule has 0 spiro atoms. The fourth-order valence-electron chi connectivity index (χ4n) is 1.53. The van der Waals surface area contributed by atoms with Gasteiger partial charge in [0.25, 0.3) is 0 Å². The number of aryl methyl sites for hydroxylation is 1. The van der Waals surface area contributed by atoms with Gasteiger partial charge in [-0.25, -0.2) is 0 Å². The highest BCUT2D eigenvalue weighted by Gasteiger charge is 2.22. The molecular formula is C10H12ClNO. The molecule has 1 aliphatic heterocycles. The van der Waals surface area contributed by atoms with Crippen LogP contribution in [0.25, 0.3) is 0 Å². The van der Waals surface area contributed by atoms with Crippen molar-refractivity contribution in [3.8, 4) is 5.75 Å². The Morgan fingerprint density at radius 2 is 2.15 bits per heavy atom. The van der Waals surface area contributed by atoms with Gasteiger partial charge >= 0.3 is 0 Å². The van der Waals surface area contributed by atoms with Crippen LogP contribution in [0.3, 0.4) is 0 Å². The number of aromatic hydroxyl groups is 1. The van der Waals surface area contributed by atoms with Crippen LogP contribution in [0.2, 0.25) is 5.02 Å². The summed E-state index contributed by atoms with van der Waals surface area (Å²) in [5.74, 6) is 0.776. The predicted molar refractivity (Wildman–Crippen MR) is 53.5 cm³/mol. The van der Waals surface area contributed by atoms with Crippen LogP contribution in [0, 0.1) is 6.92 Å². The van der Waals surface area contributed by atoms with E-state index in [-0.39, 0.29) is 0 Å². The molecule has 1 aromatic rings. The van der Waals surface area contributed by atoms with Gasteiger partial charge in [0, 0.05) is 24.0 Å². The van der Waals surface area contributed by atoms with Gasteiger partial charge in [0.1, 0.15) is 5.75 Å². The van der Waals surface area contributed by atoms with Gasteiger partial charge in [-0.1, -0.05) is 17.7 Å². The lowest BCUT2D eigenvalue weighted by atomic mass is 9.92. The Morgan fingerprint density at radius 1 is 1.46 bits per heavy atom. The van der Waals surface area contributed by atoms with Crippen molar-refractivity contribution in [2.75, 3.05) is 13.1 Å². The number of benzene rings is 1. The number of rotatable bonds is 1. The second-order valence-corrected chi connectivity index (χ2v) is 3.92. The van der Waals surface area contributed by atoms with Gasteiger partial charge in [0.05, 0.1) is 0 Å². The van der Waals surface area contributed by atoms with Crippen molar-refractivity contribution in [1.82, 2.24) is 5.32 Å². The molecule has 2 N–H and O–H groups in total. The van der Waals surface area contributed by atoms with E-state index in [0.29, 0.717) is 16.7 Å². The van der Waals surface area contributed by atoms with E-state index in [1.165, 1.54) is 0 Å². The number of hydrogen-bond acceptors (Lipinski definition) is 2. The Labute approximate surface area is 82.5 Å². The highest BCUT2D eigenvalue weighted by atomic mass is 35.5. The van der Waals surface area contributed by atoms with Crippen molar-refractivity contribution in [2.24, 2.45) is 0 Å². The maximum Gasteiger partial charge on any atom is 0.120 e. The molecule has 3 heteroatoms. The first-order chi connectivity index (χ1) is 6.18. The minimum absolute atomic E-state index is 0.321. The number of phenolic OH excluding ortho intramolecular Hbond substituents is 1. The van der Waals surface area contributed by atoms with Crippen LogP contribution < -0.4 is 5.32 Å². The van der Waals surface area contributed by atoms with E-state index in [4.69, 9.17) is 11.6 Å². The van der Waals surface area contributed by atoms with Crippen molar-refractivity contribution in [2.45, 2.75) is 12.8 Å². The Balaban J connectivity index is 2.39. The molecule has 13 heavy (non-hydrogen) atoms. The summed E-state index contributed by atoms with van der Waals surface area (Å²) in [5, 5.41) is 13.4. The third-order valence-corrected chi connectivity index (χ3v) is 2.94. The van der Waals surface area contributed by atoms with Crippen LogP contribution >= 0.6 is 11.6 Å². The van der Waals surface area contributed by atoms with Crippen LogP contribution in [0.1, 0.15) is 17.0 Å². The maximum atomic E-state index is 9.64. The molecule has 0 atom stereocenters. The van der Waals surface area contributed by atoms with E-state index in [1.54, 1.807) is 6.07 Å². The highest BCUT2D eigenvalue weighted by molar-refractivity contribution is 6.31. The van der Waals surface area contributed by atoms with E-state index in [2.05, 4.69) is 5.32 Å². The fourth-order valence-corrected chi connectivity index (χ4v) is 1.69. The largest absolute Gasteiger partial charge is 0.508 e. The zero-order valence-corrected chi connectivity index (χ0v) is 8.23. The summed E-state index contributed by atoms with van der Waals surface area (Å²) in [6.07, 6.45) is 0. The number of hydrogen-bond donors (Lipinski definition) is 2. The third-order valence-electron chi connectivity index (χ3n) is 2.53. The van der Waals surface area contributed by atoms with Crippen LogP contribution in [0.4, 0.5) is 0 Å². The van der Waals surface area contributed by atoms with Crippen molar-refractivity contribution in [3.63, 3.8) is 0 Å². The van der Waals surface area contributed by atoms with Crippen molar-refractivity contribution < 1.29 is 5.11 Å². The van der Waals surface area contributed by atoms with Gasteiger partial charge < -0.3 is 10.4 Å². The average molecular weight is 198 g/mol. The molecule has 1 aromatic carbocycles. The molecule has 70 valence electrons. The number of nitrogens with one attached hydrogen (secondary N) is 1. The molecule has 1 heterocycles. The van der Waals surface area contributed by atoms with Gasteiger partial charge in [-0.15, -0.1) is 0 Å². The summed E-state index contributed by atoms with van der Waals surface area (Å²) in [4.78, 5) is 0.